The summed E-state index contributed by atoms with van der Waals surface area (Å²) in [4.78, 5) is 32.7. The fraction of sp³-hybridized carbons (Fsp3) is 0.233. The van der Waals surface area contributed by atoms with Crippen LogP contribution in [-0.4, -0.2) is 59.2 Å². The molecule has 0 bridgehead atoms. The highest BCUT2D eigenvalue weighted by molar-refractivity contribution is 6.30. The molecule has 2 heterocycles. The van der Waals surface area contributed by atoms with Gasteiger partial charge in [-0.25, -0.2) is 9.37 Å². The van der Waals surface area contributed by atoms with Crippen molar-refractivity contribution in [3.05, 3.63) is 95.4 Å². The fourth-order valence-corrected chi connectivity index (χ4v) is 4.71. The number of nitrogens with zero attached hydrogens (tertiary/aromatic N) is 3. The fourth-order valence-electron chi connectivity index (χ4n) is 4.58. The molecule has 1 aliphatic rings. The smallest absolute Gasteiger partial charge is 0.257 e. The molecular weight excluding hydrogens is 535 g/mol. The van der Waals surface area contributed by atoms with Gasteiger partial charge in [0.05, 0.1) is 30.2 Å². The minimum absolute atomic E-state index is 0.101. The summed E-state index contributed by atoms with van der Waals surface area (Å²) in [6.45, 7) is 0.444. The molecule has 0 spiro atoms. The van der Waals surface area contributed by atoms with E-state index in [-0.39, 0.29) is 30.7 Å². The molecule has 5 rings (SSSR count). The van der Waals surface area contributed by atoms with E-state index in [1.54, 1.807) is 36.1 Å². The molecule has 0 radical (unpaired) electrons. The second-order valence-electron chi connectivity index (χ2n) is 9.38. The first-order valence-corrected chi connectivity index (χ1v) is 13.2. The van der Waals surface area contributed by atoms with E-state index in [1.807, 2.05) is 36.4 Å². The molecule has 206 valence electrons. The first kappa shape index (κ1) is 27.4. The van der Waals surface area contributed by atoms with Gasteiger partial charge in [0, 0.05) is 36.0 Å². The molecule has 4 aromatic rings. The lowest BCUT2D eigenvalue weighted by atomic mass is 10.1. The van der Waals surface area contributed by atoms with Crippen molar-refractivity contribution in [1.82, 2.24) is 14.5 Å². The van der Waals surface area contributed by atoms with Crippen molar-refractivity contribution in [3.8, 4) is 22.7 Å². The zero-order chi connectivity index (χ0) is 28.1. The van der Waals surface area contributed by atoms with Gasteiger partial charge in [-0.1, -0.05) is 41.9 Å². The molecule has 1 fully saturated rings. The van der Waals surface area contributed by atoms with Crippen LogP contribution < -0.4 is 10.1 Å². The van der Waals surface area contributed by atoms with E-state index in [2.05, 4.69) is 10.3 Å². The number of aromatic nitrogens is 2. The molecule has 0 aliphatic carbocycles. The number of carbonyl (C=O) groups excluding carboxylic acids is 2. The number of imidazole rings is 1. The number of nitrogens with one attached hydrogen (secondary N) is 1. The highest BCUT2D eigenvalue weighted by Gasteiger charge is 2.27. The first-order valence-electron chi connectivity index (χ1n) is 12.9. The number of amides is 2. The van der Waals surface area contributed by atoms with E-state index < -0.39 is 17.6 Å². The van der Waals surface area contributed by atoms with Gasteiger partial charge in [0.1, 0.15) is 18.1 Å². The third kappa shape index (κ3) is 6.32. The first-order chi connectivity index (χ1) is 19.4. The predicted octanol–water partition coefficient (Wildman–Crippen LogP) is 5.60. The summed E-state index contributed by atoms with van der Waals surface area (Å²) >= 11 is 6.06. The lowest BCUT2D eigenvalue weighted by molar-refractivity contribution is -0.117. The largest absolute Gasteiger partial charge is 0.497 e. The number of methoxy groups -OCH3 is 1. The normalized spacial score (nSPS) is 14.6. The van der Waals surface area contributed by atoms with Crippen molar-refractivity contribution < 1.29 is 23.5 Å². The van der Waals surface area contributed by atoms with Gasteiger partial charge in [-0.15, -0.1) is 0 Å². The Morgan fingerprint density at radius 2 is 1.95 bits per heavy atom. The van der Waals surface area contributed by atoms with E-state index in [9.17, 15) is 14.0 Å². The number of rotatable bonds is 9. The maximum absolute atomic E-state index is 14.5. The Balaban J connectivity index is 1.43. The van der Waals surface area contributed by atoms with Crippen LogP contribution in [0.1, 0.15) is 23.2 Å². The van der Waals surface area contributed by atoms with Crippen LogP contribution in [-0.2, 0) is 9.53 Å². The second kappa shape index (κ2) is 12.3. The molecule has 3 aromatic carbocycles. The van der Waals surface area contributed by atoms with Crippen LogP contribution in [0.15, 0.2) is 79.0 Å². The summed E-state index contributed by atoms with van der Waals surface area (Å²) in [7, 11) is 1.57. The molecule has 0 unspecified atom stereocenters. The van der Waals surface area contributed by atoms with Gasteiger partial charge in [0.25, 0.3) is 5.91 Å². The van der Waals surface area contributed by atoms with Gasteiger partial charge >= 0.3 is 0 Å². The van der Waals surface area contributed by atoms with E-state index in [1.165, 1.54) is 23.1 Å². The van der Waals surface area contributed by atoms with Gasteiger partial charge < -0.3 is 14.4 Å². The molecule has 1 aromatic heterocycles. The van der Waals surface area contributed by atoms with Crippen molar-refractivity contribution in [1.29, 1.82) is 0 Å². The summed E-state index contributed by atoms with van der Waals surface area (Å²) in [5.41, 5.74) is 2.02. The Labute approximate surface area is 236 Å². The van der Waals surface area contributed by atoms with Crippen LogP contribution in [0, 0.1) is 5.82 Å². The maximum atomic E-state index is 14.5. The number of anilines is 1. The summed E-state index contributed by atoms with van der Waals surface area (Å²) in [5, 5.41) is 3.43. The van der Waals surface area contributed by atoms with Gasteiger partial charge in [-0.3, -0.25) is 19.5 Å². The van der Waals surface area contributed by atoms with Gasteiger partial charge in [0.2, 0.25) is 11.9 Å². The van der Waals surface area contributed by atoms with E-state index in [0.717, 1.165) is 18.4 Å². The predicted molar refractivity (Wildman–Crippen MR) is 150 cm³/mol. The molecule has 8 nitrogen and oxygen atoms in total. The minimum Gasteiger partial charge on any atom is -0.497 e. The van der Waals surface area contributed by atoms with Crippen molar-refractivity contribution in [2.24, 2.45) is 0 Å². The topological polar surface area (TPSA) is 85.7 Å². The maximum Gasteiger partial charge on any atom is 0.257 e. The number of carbonyl (C=O) groups is 2. The molecule has 1 saturated heterocycles. The molecule has 1 atom stereocenters. The zero-order valence-corrected chi connectivity index (χ0v) is 22.6. The molecule has 2 amide bonds. The van der Waals surface area contributed by atoms with Crippen LogP contribution in [0.2, 0.25) is 5.02 Å². The van der Waals surface area contributed by atoms with Crippen LogP contribution in [0.4, 0.5) is 10.3 Å². The monoisotopic (exact) mass is 562 g/mol. The summed E-state index contributed by atoms with van der Waals surface area (Å²) in [5.74, 6) is -0.832. The number of hydrogen-bond donors (Lipinski definition) is 1. The molecule has 1 N–H and O–H groups in total. The lowest BCUT2D eigenvalue weighted by Gasteiger charge is -2.25. The third-order valence-electron chi connectivity index (χ3n) is 6.60. The second-order valence-corrected chi connectivity index (χ2v) is 9.81. The van der Waals surface area contributed by atoms with Crippen molar-refractivity contribution in [3.63, 3.8) is 0 Å². The number of benzene rings is 3. The molecule has 40 heavy (non-hydrogen) atoms. The van der Waals surface area contributed by atoms with Crippen molar-refractivity contribution in [2.75, 3.05) is 32.1 Å². The van der Waals surface area contributed by atoms with Gasteiger partial charge in [-0.2, -0.15) is 0 Å². The Morgan fingerprint density at radius 1 is 1.15 bits per heavy atom. The van der Waals surface area contributed by atoms with E-state index >= 15 is 0 Å². The number of ether oxygens (including phenoxy) is 2. The van der Waals surface area contributed by atoms with Crippen LogP contribution in [0.25, 0.3) is 16.9 Å². The SMILES string of the molecule is COc1cccc(-n2cc(-c3ccc(Cl)cc3)nc2NC(=O)CN(C[C@H]2CCCO2)C(=O)c2ccccc2F)c1. The Morgan fingerprint density at radius 3 is 2.67 bits per heavy atom. The Kier molecular flexibility index (Phi) is 8.42. The quantitative estimate of drug-likeness (QED) is 0.287. The van der Waals surface area contributed by atoms with Crippen molar-refractivity contribution in [2.45, 2.75) is 18.9 Å². The average molecular weight is 563 g/mol. The molecule has 0 saturated carbocycles. The van der Waals surface area contributed by atoms with Crippen LogP contribution in [0.5, 0.6) is 5.75 Å². The van der Waals surface area contributed by atoms with Crippen molar-refractivity contribution >= 4 is 29.4 Å². The number of hydrogen-bond acceptors (Lipinski definition) is 5. The summed E-state index contributed by atoms with van der Waals surface area (Å²) < 4.78 is 27.3. The molecular formula is C30H28ClFN4O4. The lowest BCUT2D eigenvalue weighted by Crippen LogP contribution is -2.42. The zero-order valence-electron chi connectivity index (χ0n) is 21.8. The number of halogens is 2. The van der Waals surface area contributed by atoms with E-state index in [0.29, 0.717) is 28.8 Å². The summed E-state index contributed by atoms with van der Waals surface area (Å²) in [6.07, 6.45) is 3.19. The van der Waals surface area contributed by atoms with E-state index in [4.69, 9.17) is 21.1 Å². The third-order valence-corrected chi connectivity index (χ3v) is 6.85. The van der Waals surface area contributed by atoms with Gasteiger partial charge in [0.15, 0.2) is 0 Å². The minimum atomic E-state index is -0.647. The highest BCUT2D eigenvalue weighted by Crippen LogP contribution is 2.27. The Bertz CT molecular complexity index is 1500. The Hall–Kier alpha value is -4.21. The van der Waals surface area contributed by atoms with Crippen LogP contribution >= 0.6 is 11.6 Å². The van der Waals surface area contributed by atoms with Gasteiger partial charge in [-0.05, 0) is 49.2 Å². The van der Waals surface area contributed by atoms with Crippen LogP contribution in [0.3, 0.4) is 0 Å². The highest BCUT2D eigenvalue weighted by atomic mass is 35.5. The molecule has 1 aliphatic heterocycles. The average Bonchev–Trinajstić information content (AvgIpc) is 3.63. The standard InChI is InChI=1S/C30H28ClFN4O4/c1-39-23-7-4-6-22(16-23)36-18-27(20-11-13-21(31)14-12-20)33-30(36)34-28(37)19-35(17-24-8-5-15-40-24)29(38)25-9-2-3-10-26(25)32/h2-4,6-7,9-14,16,18,24H,5,8,15,17,19H2,1H3,(H,33,34,37)/t24-/m1/s1. The molecule has 10 heteroatoms. The summed E-state index contributed by atoms with van der Waals surface area (Å²) in [6, 6.07) is 20.2.